The Balaban J connectivity index is 1.60. The molecule has 3 rings (SSSR count). The van der Waals surface area contributed by atoms with Crippen LogP contribution in [0.4, 0.5) is 0 Å². The molecular weight excluding hydrogens is 278 g/mol. The summed E-state index contributed by atoms with van der Waals surface area (Å²) in [7, 11) is 2.02. The van der Waals surface area contributed by atoms with Crippen molar-refractivity contribution in [3.8, 4) is 0 Å². The van der Waals surface area contributed by atoms with Gasteiger partial charge in [-0.3, -0.25) is 4.79 Å². The van der Waals surface area contributed by atoms with E-state index >= 15 is 0 Å². The minimum Gasteiger partial charge on any atom is -0.341 e. The summed E-state index contributed by atoms with van der Waals surface area (Å²) in [5.41, 5.74) is 0. The highest BCUT2D eigenvalue weighted by Gasteiger charge is 2.49. The predicted molar refractivity (Wildman–Crippen MR) is 72.1 cm³/mol. The summed E-state index contributed by atoms with van der Waals surface area (Å²) in [6.07, 6.45) is 8.73. The molecule has 96 valence electrons. The van der Waals surface area contributed by atoms with Gasteiger partial charge in [0.05, 0.1) is 0 Å². The summed E-state index contributed by atoms with van der Waals surface area (Å²) < 4.78 is 0. The predicted octanol–water partition coefficient (Wildman–Crippen LogP) is 3.20. The first-order valence-corrected chi connectivity index (χ1v) is 7.99. The lowest BCUT2D eigenvalue weighted by Crippen LogP contribution is -2.46. The van der Waals surface area contributed by atoms with Gasteiger partial charge in [-0.25, -0.2) is 0 Å². The molecule has 0 spiro atoms. The molecule has 0 aromatic carbocycles. The van der Waals surface area contributed by atoms with Crippen molar-refractivity contribution in [3.63, 3.8) is 0 Å². The van der Waals surface area contributed by atoms with Gasteiger partial charge in [0.1, 0.15) is 0 Å². The lowest BCUT2D eigenvalue weighted by Gasteiger charge is -2.36. The van der Waals surface area contributed by atoms with E-state index in [2.05, 4.69) is 20.8 Å². The van der Waals surface area contributed by atoms with E-state index in [1.165, 1.54) is 44.9 Å². The number of halogens is 1. The van der Waals surface area contributed by atoms with Gasteiger partial charge < -0.3 is 4.90 Å². The number of alkyl halides is 1. The molecule has 0 N–H and O–H groups in total. The Kier molecular flexibility index (Phi) is 3.22. The number of rotatable bonds is 2. The third-order valence-corrected chi connectivity index (χ3v) is 6.15. The van der Waals surface area contributed by atoms with Crippen molar-refractivity contribution in [3.05, 3.63) is 0 Å². The molecule has 3 aliphatic rings. The SMILES string of the molecule is CN(C(=O)C1CC2CC2C1)C1CCCCC1Br. The van der Waals surface area contributed by atoms with Crippen molar-refractivity contribution in [2.45, 2.75) is 55.8 Å². The molecule has 0 saturated heterocycles. The Hall–Kier alpha value is -0.0500. The number of nitrogens with zero attached hydrogens (tertiary/aromatic N) is 1. The number of carbonyl (C=O) groups is 1. The number of amides is 1. The Bertz CT molecular complexity index is 309. The summed E-state index contributed by atoms with van der Waals surface area (Å²) in [6, 6.07) is 0.438. The van der Waals surface area contributed by atoms with Crippen LogP contribution in [0.2, 0.25) is 0 Å². The van der Waals surface area contributed by atoms with Crippen LogP contribution in [0.25, 0.3) is 0 Å². The zero-order chi connectivity index (χ0) is 12.0. The fourth-order valence-corrected chi connectivity index (χ4v) is 4.81. The Morgan fingerprint density at radius 1 is 1.12 bits per heavy atom. The van der Waals surface area contributed by atoms with Gasteiger partial charge in [0, 0.05) is 23.8 Å². The molecule has 3 saturated carbocycles. The first kappa shape index (κ1) is 12.0. The fourth-order valence-electron chi connectivity index (χ4n) is 3.87. The maximum atomic E-state index is 12.5. The molecule has 3 aliphatic carbocycles. The van der Waals surface area contributed by atoms with E-state index in [0.717, 1.165) is 11.8 Å². The summed E-state index contributed by atoms with van der Waals surface area (Å²) in [5.74, 6) is 2.59. The van der Waals surface area contributed by atoms with Crippen molar-refractivity contribution in [1.29, 1.82) is 0 Å². The van der Waals surface area contributed by atoms with Crippen LogP contribution in [0, 0.1) is 17.8 Å². The lowest BCUT2D eigenvalue weighted by atomic mass is 9.92. The standard InChI is InChI=1S/C14H22BrNO/c1-16(13-5-3-2-4-12(13)15)14(17)11-7-9-6-10(9)8-11/h9-13H,2-8H2,1H3. The van der Waals surface area contributed by atoms with Crippen LogP contribution in [0.5, 0.6) is 0 Å². The maximum absolute atomic E-state index is 12.5. The molecule has 17 heavy (non-hydrogen) atoms. The molecular formula is C14H22BrNO. The van der Waals surface area contributed by atoms with Gasteiger partial charge in [0.25, 0.3) is 0 Å². The van der Waals surface area contributed by atoms with Crippen molar-refractivity contribution in [1.82, 2.24) is 4.90 Å². The van der Waals surface area contributed by atoms with E-state index in [1.54, 1.807) is 0 Å². The van der Waals surface area contributed by atoms with Gasteiger partial charge in [-0.2, -0.15) is 0 Å². The molecule has 0 aliphatic heterocycles. The average Bonchev–Trinajstić information content (AvgIpc) is 2.95. The topological polar surface area (TPSA) is 20.3 Å². The number of hydrogen-bond donors (Lipinski definition) is 0. The van der Waals surface area contributed by atoms with Gasteiger partial charge >= 0.3 is 0 Å². The van der Waals surface area contributed by atoms with E-state index in [1.807, 2.05) is 7.05 Å². The van der Waals surface area contributed by atoms with Gasteiger partial charge in [-0.1, -0.05) is 28.8 Å². The molecule has 0 bridgehead atoms. The molecule has 0 heterocycles. The van der Waals surface area contributed by atoms with Gasteiger partial charge in [0.2, 0.25) is 5.91 Å². The van der Waals surface area contributed by atoms with Crippen LogP contribution in [0.15, 0.2) is 0 Å². The molecule has 1 amide bonds. The van der Waals surface area contributed by atoms with E-state index in [0.29, 0.717) is 22.7 Å². The molecule has 3 heteroatoms. The van der Waals surface area contributed by atoms with Crippen molar-refractivity contribution >= 4 is 21.8 Å². The highest BCUT2D eigenvalue weighted by Crippen LogP contribution is 2.54. The van der Waals surface area contributed by atoms with Crippen LogP contribution in [0.1, 0.15) is 44.9 Å². The van der Waals surface area contributed by atoms with E-state index < -0.39 is 0 Å². The van der Waals surface area contributed by atoms with Crippen LogP contribution in [0.3, 0.4) is 0 Å². The first-order valence-electron chi connectivity index (χ1n) is 7.07. The molecule has 2 nitrogen and oxygen atoms in total. The highest BCUT2D eigenvalue weighted by molar-refractivity contribution is 9.09. The second kappa shape index (κ2) is 4.56. The smallest absolute Gasteiger partial charge is 0.225 e. The normalized spacial score (nSPS) is 44.2. The molecule has 0 aromatic rings. The lowest BCUT2D eigenvalue weighted by molar-refractivity contribution is -0.136. The molecule has 3 fully saturated rings. The van der Waals surface area contributed by atoms with Crippen molar-refractivity contribution in [2.75, 3.05) is 7.05 Å². The Morgan fingerprint density at radius 3 is 2.41 bits per heavy atom. The third kappa shape index (κ3) is 2.27. The molecule has 4 unspecified atom stereocenters. The molecule has 0 aromatic heterocycles. The minimum atomic E-state index is 0.352. The quantitative estimate of drug-likeness (QED) is 0.717. The van der Waals surface area contributed by atoms with E-state index in [9.17, 15) is 4.79 Å². The van der Waals surface area contributed by atoms with E-state index in [4.69, 9.17) is 0 Å². The van der Waals surface area contributed by atoms with Crippen LogP contribution in [-0.2, 0) is 4.79 Å². The largest absolute Gasteiger partial charge is 0.341 e. The highest BCUT2D eigenvalue weighted by atomic mass is 79.9. The van der Waals surface area contributed by atoms with Crippen LogP contribution in [-0.4, -0.2) is 28.7 Å². The van der Waals surface area contributed by atoms with Gasteiger partial charge in [0.15, 0.2) is 0 Å². The van der Waals surface area contributed by atoms with Crippen molar-refractivity contribution < 1.29 is 4.79 Å². The number of hydrogen-bond acceptors (Lipinski definition) is 1. The van der Waals surface area contributed by atoms with E-state index in [-0.39, 0.29) is 0 Å². The average molecular weight is 300 g/mol. The first-order chi connectivity index (χ1) is 8.16. The summed E-state index contributed by atoms with van der Waals surface area (Å²) in [6.45, 7) is 0. The zero-order valence-corrected chi connectivity index (χ0v) is 12.2. The monoisotopic (exact) mass is 299 g/mol. The Morgan fingerprint density at radius 2 is 1.76 bits per heavy atom. The Labute approximate surface area is 112 Å². The third-order valence-electron chi connectivity index (χ3n) is 5.09. The summed E-state index contributed by atoms with van der Waals surface area (Å²) >= 11 is 3.76. The van der Waals surface area contributed by atoms with Crippen molar-refractivity contribution in [2.24, 2.45) is 17.8 Å². The zero-order valence-electron chi connectivity index (χ0n) is 10.6. The van der Waals surface area contributed by atoms with Gasteiger partial charge in [-0.15, -0.1) is 0 Å². The summed E-state index contributed by atoms with van der Waals surface area (Å²) in [5, 5.41) is 0. The second-order valence-electron chi connectivity index (χ2n) is 6.24. The molecule has 0 radical (unpaired) electrons. The fraction of sp³-hybridized carbons (Fsp3) is 0.929. The van der Waals surface area contributed by atoms with Crippen LogP contribution >= 0.6 is 15.9 Å². The van der Waals surface area contributed by atoms with Crippen LogP contribution < -0.4 is 0 Å². The minimum absolute atomic E-state index is 0.352. The van der Waals surface area contributed by atoms with Gasteiger partial charge in [-0.05, 0) is 43.9 Å². The summed E-state index contributed by atoms with van der Waals surface area (Å²) in [4.78, 5) is 15.0. The molecule has 4 atom stereocenters. The number of carbonyl (C=O) groups excluding carboxylic acids is 1. The maximum Gasteiger partial charge on any atom is 0.225 e. The number of fused-ring (bicyclic) bond motifs is 1. The second-order valence-corrected chi connectivity index (χ2v) is 7.42.